The first kappa shape index (κ1) is 14.5. The largest absolute Gasteiger partial charge is 0.279 e. The number of sulfonamides is 1. The predicted octanol–water partition coefficient (Wildman–Crippen LogP) is 3.04. The second-order valence-electron chi connectivity index (χ2n) is 5.01. The molecule has 1 aliphatic heterocycles. The molecule has 1 atom stereocenters. The topological polar surface area (TPSA) is 49.7 Å². The van der Waals surface area contributed by atoms with Crippen molar-refractivity contribution in [1.29, 1.82) is 0 Å². The van der Waals surface area contributed by atoms with Gasteiger partial charge in [0, 0.05) is 6.42 Å². The highest BCUT2D eigenvalue weighted by Crippen LogP contribution is 2.27. The van der Waals surface area contributed by atoms with Crippen molar-refractivity contribution in [3.8, 4) is 0 Å². The highest BCUT2D eigenvalue weighted by molar-refractivity contribution is 7.89. The third-order valence-electron chi connectivity index (χ3n) is 3.57. The van der Waals surface area contributed by atoms with Crippen molar-refractivity contribution in [1.82, 2.24) is 4.41 Å². The molecule has 112 valence electrons. The van der Waals surface area contributed by atoms with Crippen LogP contribution in [0.4, 0.5) is 0 Å². The summed E-state index contributed by atoms with van der Waals surface area (Å²) in [6, 6.07) is 17.6. The summed E-state index contributed by atoms with van der Waals surface area (Å²) in [6.07, 6.45) is 2.15. The van der Waals surface area contributed by atoms with Gasteiger partial charge in [0.2, 0.25) is 0 Å². The zero-order valence-electron chi connectivity index (χ0n) is 12.0. The number of hydrogen-bond acceptors (Lipinski definition) is 3. The van der Waals surface area contributed by atoms with E-state index in [-0.39, 0.29) is 10.9 Å². The molecule has 0 aromatic heterocycles. The Morgan fingerprint density at radius 2 is 1.64 bits per heavy atom. The van der Waals surface area contributed by atoms with Crippen LogP contribution in [0.2, 0.25) is 0 Å². The molecule has 0 saturated heterocycles. The maximum Gasteiger partial charge on any atom is 0.279 e. The SMILES string of the molecule is C=CC1CC(c2ccccc2)=NN1S(=O)(=O)c1ccccc1. The van der Waals surface area contributed by atoms with Gasteiger partial charge in [-0.05, 0) is 17.7 Å². The van der Waals surface area contributed by atoms with Gasteiger partial charge in [-0.1, -0.05) is 54.6 Å². The first-order chi connectivity index (χ1) is 10.6. The fourth-order valence-electron chi connectivity index (χ4n) is 2.42. The minimum atomic E-state index is -3.67. The third kappa shape index (κ3) is 2.55. The van der Waals surface area contributed by atoms with Crippen LogP contribution >= 0.6 is 0 Å². The van der Waals surface area contributed by atoms with Crippen molar-refractivity contribution < 1.29 is 8.42 Å². The van der Waals surface area contributed by atoms with E-state index in [0.29, 0.717) is 6.42 Å². The van der Waals surface area contributed by atoms with E-state index in [1.54, 1.807) is 36.4 Å². The zero-order chi connectivity index (χ0) is 15.6. The molecule has 0 spiro atoms. The summed E-state index contributed by atoms with van der Waals surface area (Å²) in [5, 5.41) is 4.35. The molecular formula is C17H16N2O2S. The fourth-order valence-corrected chi connectivity index (χ4v) is 3.86. The van der Waals surface area contributed by atoms with Crippen LogP contribution in [-0.4, -0.2) is 24.6 Å². The third-order valence-corrected chi connectivity index (χ3v) is 5.28. The van der Waals surface area contributed by atoms with Crippen LogP contribution in [0.5, 0.6) is 0 Å². The molecule has 1 aliphatic rings. The molecule has 0 fully saturated rings. The molecular weight excluding hydrogens is 296 g/mol. The second-order valence-corrected chi connectivity index (χ2v) is 6.81. The zero-order valence-corrected chi connectivity index (χ0v) is 12.8. The lowest BCUT2D eigenvalue weighted by Gasteiger charge is -2.20. The van der Waals surface area contributed by atoms with Crippen molar-refractivity contribution in [2.45, 2.75) is 17.4 Å². The first-order valence-electron chi connectivity index (χ1n) is 6.98. The maximum absolute atomic E-state index is 12.8. The molecule has 2 aromatic carbocycles. The first-order valence-corrected chi connectivity index (χ1v) is 8.42. The number of benzene rings is 2. The Bertz CT molecular complexity index is 799. The van der Waals surface area contributed by atoms with Crippen molar-refractivity contribution in [3.63, 3.8) is 0 Å². The average Bonchev–Trinajstić information content (AvgIpc) is 3.02. The molecule has 0 aliphatic carbocycles. The molecule has 1 unspecified atom stereocenters. The van der Waals surface area contributed by atoms with Crippen LogP contribution in [0.15, 0.2) is 83.3 Å². The molecule has 1 heterocycles. The van der Waals surface area contributed by atoms with Crippen molar-refractivity contribution in [2.24, 2.45) is 5.10 Å². The Kier molecular flexibility index (Phi) is 3.81. The summed E-state index contributed by atoms with van der Waals surface area (Å²) in [7, 11) is -3.67. The number of hydrazone groups is 1. The summed E-state index contributed by atoms with van der Waals surface area (Å²) < 4.78 is 26.7. The van der Waals surface area contributed by atoms with Crippen molar-refractivity contribution in [2.75, 3.05) is 0 Å². The van der Waals surface area contributed by atoms with Gasteiger partial charge in [0.1, 0.15) is 0 Å². The average molecular weight is 312 g/mol. The Balaban J connectivity index is 2.02. The van der Waals surface area contributed by atoms with Crippen LogP contribution in [0.1, 0.15) is 12.0 Å². The molecule has 0 radical (unpaired) electrons. The van der Waals surface area contributed by atoms with Crippen LogP contribution in [-0.2, 0) is 10.0 Å². The van der Waals surface area contributed by atoms with Gasteiger partial charge in [-0.15, -0.1) is 6.58 Å². The minimum absolute atomic E-state index is 0.236. The summed E-state index contributed by atoms with van der Waals surface area (Å²) in [5.74, 6) is 0. The minimum Gasteiger partial charge on any atom is -0.200 e. The lowest BCUT2D eigenvalue weighted by Crippen LogP contribution is -2.31. The van der Waals surface area contributed by atoms with Gasteiger partial charge < -0.3 is 0 Å². The predicted molar refractivity (Wildman–Crippen MR) is 87.0 cm³/mol. The van der Waals surface area contributed by atoms with Crippen LogP contribution in [0, 0.1) is 0 Å². The summed E-state index contributed by atoms with van der Waals surface area (Å²) in [5.41, 5.74) is 1.69. The summed E-state index contributed by atoms with van der Waals surface area (Å²) in [4.78, 5) is 0.236. The van der Waals surface area contributed by atoms with E-state index in [1.807, 2.05) is 30.3 Å². The van der Waals surface area contributed by atoms with Gasteiger partial charge in [-0.3, -0.25) is 0 Å². The van der Waals surface area contributed by atoms with E-state index >= 15 is 0 Å². The highest BCUT2D eigenvalue weighted by Gasteiger charge is 2.34. The van der Waals surface area contributed by atoms with Gasteiger partial charge in [0.15, 0.2) is 0 Å². The Morgan fingerprint density at radius 1 is 1.05 bits per heavy atom. The number of nitrogens with zero attached hydrogens (tertiary/aromatic N) is 2. The van der Waals surface area contributed by atoms with Crippen LogP contribution in [0.3, 0.4) is 0 Å². The van der Waals surface area contributed by atoms with E-state index in [9.17, 15) is 8.42 Å². The van der Waals surface area contributed by atoms with Gasteiger partial charge in [0.05, 0.1) is 16.6 Å². The molecule has 0 saturated carbocycles. The maximum atomic E-state index is 12.8. The van der Waals surface area contributed by atoms with E-state index < -0.39 is 10.0 Å². The van der Waals surface area contributed by atoms with Crippen LogP contribution in [0.25, 0.3) is 0 Å². The number of rotatable bonds is 4. The van der Waals surface area contributed by atoms with Gasteiger partial charge in [-0.2, -0.15) is 17.9 Å². The highest BCUT2D eigenvalue weighted by atomic mass is 32.2. The lowest BCUT2D eigenvalue weighted by molar-refractivity contribution is 0.409. The lowest BCUT2D eigenvalue weighted by atomic mass is 10.0. The van der Waals surface area contributed by atoms with Crippen molar-refractivity contribution >= 4 is 15.7 Å². The Labute approximate surface area is 130 Å². The Morgan fingerprint density at radius 3 is 2.23 bits per heavy atom. The normalized spacial score (nSPS) is 18.1. The summed E-state index contributed by atoms with van der Waals surface area (Å²) >= 11 is 0. The standard InChI is InChI=1S/C17H16N2O2S/c1-2-15-13-17(14-9-5-3-6-10-14)18-19(15)22(20,21)16-11-7-4-8-12-16/h2-12,15H,1,13H2. The smallest absolute Gasteiger partial charge is 0.200 e. The van der Waals surface area contributed by atoms with E-state index in [0.717, 1.165) is 15.7 Å². The second kappa shape index (κ2) is 5.77. The summed E-state index contributed by atoms with van der Waals surface area (Å²) in [6.45, 7) is 3.75. The quantitative estimate of drug-likeness (QED) is 0.815. The molecule has 22 heavy (non-hydrogen) atoms. The molecule has 0 N–H and O–H groups in total. The van der Waals surface area contributed by atoms with Gasteiger partial charge in [-0.25, -0.2) is 0 Å². The van der Waals surface area contributed by atoms with E-state index in [1.165, 1.54) is 0 Å². The van der Waals surface area contributed by atoms with E-state index in [4.69, 9.17) is 0 Å². The molecule has 4 nitrogen and oxygen atoms in total. The van der Waals surface area contributed by atoms with E-state index in [2.05, 4.69) is 11.7 Å². The fraction of sp³-hybridized carbons (Fsp3) is 0.118. The monoisotopic (exact) mass is 312 g/mol. The van der Waals surface area contributed by atoms with Crippen LogP contribution < -0.4 is 0 Å². The number of hydrogen-bond donors (Lipinski definition) is 0. The molecule has 0 amide bonds. The van der Waals surface area contributed by atoms with Crippen molar-refractivity contribution in [3.05, 3.63) is 78.9 Å². The van der Waals surface area contributed by atoms with Gasteiger partial charge >= 0.3 is 0 Å². The molecule has 5 heteroatoms. The molecule has 3 rings (SSSR count). The molecule has 0 bridgehead atoms. The van der Waals surface area contributed by atoms with Gasteiger partial charge in [0.25, 0.3) is 10.0 Å². The molecule has 2 aromatic rings. The Hall–Kier alpha value is -2.40.